The molecule has 108 valence electrons. The SMILES string of the molecule is N#CCCCS(=O)(=O)Nc1ccccc1OCC1CC1. The second-order valence-corrected chi connectivity index (χ2v) is 6.78. The Hall–Kier alpha value is -1.74. The first-order valence-electron chi connectivity index (χ1n) is 6.70. The Labute approximate surface area is 119 Å². The van der Waals surface area contributed by atoms with Crippen LogP contribution in [0.4, 0.5) is 5.69 Å². The Morgan fingerprint density at radius 3 is 2.80 bits per heavy atom. The maximum Gasteiger partial charge on any atom is 0.232 e. The van der Waals surface area contributed by atoms with Gasteiger partial charge in [-0.1, -0.05) is 12.1 Å². The fourth-order valence-electron chi connectivity index (χ4n) is 1.73. The number of benzene rings is 1. The van der Waals surface area contributed by atoms with Crippen LogP contribution in [-0.4, -0.2) is 20.8 Å². The molecule has 1 aromatic carbocycles. The van der Waals surface area contributed by atoms with Crippen LogP contribution in [0.25, 0.3) is 0 Å². The van der Waals surface area contributed by atoms with Crippen molar-refractivity contribution < 1.29 is 13.2 Å². The van der Waals surface area contributed by atoms with Crippen LogP contribution in [0.2, 0.25) is 0 Å². The van der Waals surface area contributed by atoms with Crippen LogP contribution in [0.3, 0.4) is 0 Å². The molecule has 0 atom stereocenters. The highest BCUT2D eigenvalue weighted by Crippen LogP contribution is 2.32. The van der Waals surface area contributed by atoms with Crippen molar-refractivity contribution in [3.63, 3.8) is 0 Å². The van der Waals surface area contributed by atoms with Gasteiger partial charge in [0.1, 0.15) is 5.75 Å². The molecule has 0 bridgehead atoms. The third-order valence-electron chi connectivity index (χ3n) is 3.03. The normalized spacial score (nSPS) is 14.6. The highest BCUT2D eigenvalue weighted by Gasteiger charge is 2.22. The number of hydrogen-bond donors (Lipinski definition) is 1. The van der Waals surface area contributed by atoms with Crippen molar-refractivity contribution in [3.05, 3.63) is 24.3 Å². The molecule has 0 saturated heterocycles. The van der Waals surface area contributed by atoms with Gasteiger partial charge in [0.2, 0.25) is 10.0 Å². The zero-order valence-electron chi connectivity index (χ0n) is 11.2. The summed E-state index contributed by atoms with van der Waals surface area (Å²) in [5.74, 6) is 1.11. The summed E-state index contributed by atoms with van der Waals surface area (Å²) >= 11 is 0. The molecular formula is C14H18N2O3S. The summed E-state index contributed by atoms with van der Waals surface area (Å²) in [7, 11) is -3.43. The lowest BCUT2D eigenvalue weighted by Crippen LogP contribution is -2.17. The third-order valence-corrected chi connectivity index (χ3v) is 4.38. The van der Waals surface area contributed by atoms with Gasteiger partial charge in [0.05, 0.1) is 24.1 Å². The van der Waals surface area contributed by atoms with Crippen molar-refractivity contribution >= 4 is 15.7 Å². The molecule has 6 heteroatoms. The first-order chi connectivity index (χ1) is 9.61. The average molecular weight is 294 g/mol. The highest BCUT2D eigenvalue weighted by molar-refractivity contribution is 7.92. The lowest BCUT2D eigenvalue weighted by atomic mass is 10.3. The van der Waals surface area contributed by atoms with E-state index in [1.807, 2.05) is 12.1 Å². The number of ether oxygens (including phenoxy) is 1. The molecule has 2 rings (SSSR count). The number of hydrogen-bond acceptors (Lipinski definition) is 4. The van der Waals surface area contributed by atoms with Gasteiger partial charge in [-0.25, -0.2) is 8.42 Å². The maximum absolute atomic E-state index is 11.9. The summed E-state index contributed by atoms with van der Waals surface area (Å²) in [4.78, 5) is 0. The van der Waals surface area contributed by atoms with Gasteiger partial charge in [-0.05, 0) is 37.3 Å². The summed E-state index contributed by atoms with van der Waals surface area (Å²) in [6.45, 7) is 0.632. The van der Waals surface area contributed by atoms with Crippen LogP contribution < -0.4 is 9.46 Å². The van der Waals surface area contributed by atoms with E-state index in [0.717, 1.165) is 0 Å². The predicted molar refractivity (Wildman–Crippen MR) is 76.9 cm³/mol. The van der Waals surface area contributed by atoms with E-state index < -0.39 is 10.0 Å². The lowest BCUT2D eigenvalue weighted by Gasteiger charge is -2.13. The Kier molecular flexibility index (Phi) is 4.85. The average Bonchev–Trinajstić information content (AvgIpc) is 3.21. The number of sulfonamides is 1. The minimum Gasteiger partial charge on any atom is -0.491 e. The number of unbranched alkanes of at least 4 members (excludes halogenated alkanes) is 1. The number of para-hydroxylation sites is 2. The number of anilines is 1. The van der Waals surface area contributed by atoms with Gasteiger partial charge in [0.15, 0.2) is 0 Å². The van der Waals surface area contributed by atoms with Crippen LogP contribution in [-0.2, 0) is 10.0 Å². The molecular weight excluding hydrogens is 276 g/mol. The summed E-state index contributed by atoms with van der Waals surface area (Å²) < 4.78 is 32.0. The number of nitriles is 1. The molecule has 5 nitrogen and oxygen atoms in total. The third kappa shape index (κ3) is 4.74. The minimum absolute atomic E-state index is 0.0580. The molecule has 1 fully saturated rings. The van der Waals surface area contributed by atoms with E-state index in [2.05, 4.69) is 4.72 Å². The maximum atomic E-state index is 11.9. The molecule has 1 saturated carbocycles. The van der Waals surface area contributed by atoms with Crippen LogP contribution in [0.15, 0.2) is 24.3 Å². The predicted octanol–water partition coefficient (Wildman–Crippen LogP) is 2.52. The molecule has 0 amide bonds. The fraction of sp³-hybridized carbons (Fsp3) is 0.500. The molecule has 0 heterocycles. The van der Waals surface area contributed by atoms with Gasteiger partial charge < -0.3 is 4.74 Å². The van der Waals surface area contributed by atoms with E-state index in [4.69, 9.17) is 10.00 Å². The number of rotatable bonds is 8. The molecule has 0 spiro atoms. The molecule has 0 aliphatic heterocycles. The summed E-state index contributed by atoms with van der Waals surface area (Å²) in [6.07, 6.45) is 2.93. The van der Waals surface area contributed by atoms with Gasteiger partial charge in [-0.3, -0.25) is 4.72 Å². The Morgan fingerprint density at radius 1 is 1.35 bits per heavy atom. The molecule has 20 heavy (non-hydrogen) atoms. The first kappa shape index (κ1) is 14.7. The van der Waals surface area contributed by atoms with E-state index in [9.17, 15) is 8.42 Å². The van der Waals surface area contributed by atoms with Crippen molar-refractivity contribution in [1.82, 2.24) is 0 Å². The molecule has 1 N–H and O–H groups in total. The quantitative estimate of drug-likeness (QED) is 0.747. The summed E-state index contributed by atoms with van der Waals surface area (Å²) in [6, 6.07) is 8.96. The molecule has 0 aromatic heterocycles. The van der Waals surface area contributed by atoms with Crippen molar-refractivity contribution in [3.8, 4) is 11.8 Å². The van der Waals surface area contributed by atoms with Crippen molar-refractivity contribution in [2.24, 2.45) is 5.92 Å². The van der Waals surface area contributed by atoms with Crippen molar-refractivity contribution in [1.29, 1.82) is 5.26 Å². The van der Waals surface area contributed by atoms with Gasteiger partial charge in [-0.15, -0.1) is 0 Å². The van der Waals surface area contributed by atoms with Gasteiger partial charge in [-0.2, -0.15) is 5.26 Å². The van der Waals surface area contributed by atoms with Gasteiger partial charge in [0.25, 0.3) is 0 Å². The molecule has 0 unspecified atom stereocenters. The second kappa shape index (κ2) is 6.62. The van der Waals surface area contributed by atoms with E-state index in [-0.39, 0.29) is 12.2 Å². The van der Waals surface area contributed by atoms with E-state index in [1.165, 1.54) is 12.8 Å². The Balaban J connectivity index is 1.98. The monoisotopic (exact) mass is 294 g/mol. The minimum atomic E-state index is -3.43. The van der Waals surface area contributed by atoms with Crippen LogP contribution in [0.1, 0.15) is 25.7 Å². The van der Waals surface area contributed by atoms with Crippen LogP contribution in [0, 0.1) is 17.2 Å². The summed E-state index contributed by atoms with van der Waals surface area (Å²) in [5.41, 5.74) is 0.463. The smallest absolute Gasteiger partial charge is 0.232 e. The molecule has 1 aliphatic carbocycles. The Morgan fingerprint density at radius 2 is 2.10 bits per heavy atom. The van der Waals surface area contributed by atoms with E-state index >= 15 is 0 Å². The van der Waals surface area contributed by atoms with Crippen LogP contribution in [0.5, 0.6) is 5.75 Å². The second-order valence-electron chi connectivity index (χ2n) is 4.93. The highest BCUT2D eigenvalue weighted by atomic mass is 32.2. The number of nitrogens with one attached hydrogen (secondary N) is 1. The van der Waals surface area contributed by atoms with E-state index in [0.29, 0.717) is 30.4 Å². The van der Waals surface area contributed by atoms with E-state index in [1.54, 1.807) is 18.2 Å². The van der Waals surface area contributed by atoms with Crippen molar-refractivity contribution in [2.45, 2.75) is 25.7 Å². The number of nitrogens with zero attached hydrogens (tertiary/aromatic N) is 1. The zero-order chi connectivity index (χ0) is 14.4. The summed E-state index contributed by atoms with van der Waals surface area (Å²) in [5, 5.41) is 8.44. The van der Waals surface area contributed by atoms with Gasteiger partial charge in [0, 0.05) is 6.42 Å². The molecule has 1 aliphatic rings. The first-order valence-corrected chi connectivity index (χ1v) is 8.35. The van der Waals surface area contributed by atoms with Crippen LogP contribution >= 0.6 is 0 Å². The zero-order valence-corrected chi connectivity index (χ0v) is 12.0. The van der Waals surface area contributed by atoms with Crippen molar-refractivity contribution in [2.75, 3.05) is 17.1 Å². The van der Waals surface area contributed by atoms with Gasteiger partial charge >= 0.3 is 0 Å². The largest absolute Gasteiger partial charge is 0.491 e. The molecule has 1 aromatic rings. The Bertz CT molecular complexity index is 589. The lowest BCUT2D eigenvalue weighted by molar-refractivity contribution is 0.301. The topological polar surface area (TPSA) is 79.2 Å². The molecule has 0 radical (unpaired) electrons. The standard InChI is InChI=1S/C14H18N2O3S/c15-9-3-4-10-20(17,18)16-13-5-1-2-6-14(13)19-11-12-7-8-12/h1-2,5-6,12,16H,3-4,7-8,10-11H2. The fourth-order valence-corrected chi connectivity index (χ4v) is 2.86.